The first kappa shape index (κ1) is 19.8. The summed E-state index contributed by atoms with van der Waals surface area (Å²) in [5, 5.41) is 0.585. The Morgan fingerprint density at radius 3 is 2.74 bits per heavy atom. The number of carbonyl (C=O) groups is 1. The normalized spacial score (nSPS) is 14.6. The number of Topliss-reactive ketones (excluding diaryl/α,β-unsaturated/α-hetero) is 1. The predicted molar refractivity (Wildman–Crippen MR) is 114 cm³/mol. The summed E-state index contributed by atoms with van der Waals surface area (Å²) in [6.07, 6.45) is 1.92. The summed E-state index contributed by atoms with van der Waals surface area (Å²) < 4.78 is 5.58. The van der Waals surface area contributed by atoms with Crippen LogP contribution < -0.4 is 4.74 Å². The van der Waals surface area contributed by atoms with Crippen molar-refractivity contribution >= 4 is 41.2 Å². The van der Waals surface area contributed by atoms with Crippen LogP contribution in [-0.2, 0) is 0 Å². The SMILES string of the molecule is Cc1cc(C(=O)COc2cccc(Cl)c2)c(C)cc1/N=C/N1CCSCC1. The van der Waals surface area contributed by atoms with Crippen LogP contribution in [0.15, 0.2) is 41.4 Å². The molecule has 0 saturated carbocycles. The van der Waals surface area contributed by atoms with Crippen molar-refractivity contribution in [3.05, 3.63) is 58.1 Å². The fourth-order valence-electron chi connectivity index (χ4n) is 2.86. The third-order valence-electron chi connectivity index (χ3n) is 4.42. The van der Waals surface area contributed by atoms with Crippen LogP contribution in [0.4, 0.5) is 5.69 Å². The second-order valence-corrected chi connectivity index (χ2v) is 8.18. The molecule has 1 aliphatic heterocycles. The molecular formula is C21H23ClN2O2S. The quantitative estimate of drug-likeness (QED) is 0.390. The number of carbonyl (C=O) groups excluding carboxylic acids is 1. The van der Waals surface area contributed by atoms with Crippen molar-refractivity contribution in [2.24, 2.45) is 4.99 Å². The average molecular weight is 403 g/mol. The molecule has 0 spiro atoms. The maximum atomic E-state index is 12.6. The fraction of sp³-hybridized carbons (Fsp3) is 0.333. The van der Waals surface area contributed by atoms with Crippen molar-refractivity contribution in [2.45, 2.75) is 13.8 Å². The van der Waals surface area contributed by atoms with Crippen LogP contribution in [0.2, 0.25) is 5.02 Å². The number of halogens is 1. The molecule has 27 heavy (non-hydrogen) atoms. The van der Waals surface area contributed by atoms with Gasteiger partial charge in [0, 0.05) is 35.2 Å². The molecule has 0 N–H and O–H groups in total. The molecule has 3 rings (SSSR count). The number of benzene rings is 2. The van der Waals surface area contributed by atoms with E-state index in [2.05, 4.69) is 9.89 Å². The molecule has 2 aromatic carbocycles. The van der Waals surface area contributed by atoms with Gasteiger partial charge in [-0.2, -0.15) is 11.8 Å². The fourth-order valence-corrected chi connectivity index (χ4v) is 3.97. The van der Waals surface area contributed by atoms with E-state index in [0.717, 1.165) is 41.4 Å². The van der Waals surface area contributed by atoms with Crippen LogP contribution in [-0.4, -0.2) is 48.2 Å². The highest BCUT2D eigenvalue weighted by atomic mass is 35.5. The van der Waals surface area contributed by atoms with E-state index in [1.165, 1.54) is 0 Å². The summed E-state index contributed by atoms with van der Waals surface area (Å²) in [7, 11) is 0. The van der Waals surface area contributed by atoms with Crippen molar-refractivity contribution in [1.82, 2.24) is 4.90 Å². The van der Waals surface area contributed by atoms with Gasteiger partial charge in [0.2, 0.25) is 0 Å². The zero-order valence-corrected chi connectivity index (χ0v) is 17.1. The van der Waals surface area contributed by atoms with E-state index in [1.807, 2.05) is 44.1 Å². The highest BCUT2D eigenvalue weighted by Crippen LogP contribution is 2.24. The van der Waals surface area contributed by atoms with E-state index in [9.17, 15) is 4.79 Å². The van der Waals surface area contributed by atoms with E-state index in [1.54, 1.807) is 24.3 Å². The highest BCUT2D eigenvalue weighted by Gasteiger charge is 2.13. The van der Waals surface area contributed by atoms with Gasteiger partial charge in [0.1, 0.15) is 5.75 Å². The molecule has 1 heterocycles. The molecule has 1 saturated heterocycles. The summed E-state index contributed by atoms with van der Waals surface area (Å²) in [6.45, 7) is 5.96. The van der Waals surface area contributed by atoms with Crippen molar-refractivity contribution in [3.63, 3.8) is 0 Å². The zero-order chi connectivity index (χ0) is 19.2. The molecule has 0 radical (unpaired) electrons. The molecule has 0 aromatic heterocycles. The van der Waals surface area contributed by atoms with Gasteiger partial charge in [0.05, 0.1) is 12.0 Å². The lowest BCUT2D eigenvalue weighted by molar-refractivity contribution is 0.0921. The standard InChI is InChI=1S/C21H23ClN2O2S/c1-15-11-20(23-14-24-6-8-27-9-7-24)16(2)10-19(15)21(25)13-26-18-5-3-4-17(22)12-18/h3-5,10-12,14H,6-9,13H2,1-2H3/b23-14+. The Labute approximate surface area is 169 Å². The first-order valence-electron chi connectivity index (χ1n) is 8.92. The van der Waals surface area contributed by atoms with Gasteiger partial charge in [-0.1, -0.05) is 17.7 Å². The average Bonchev–Trinajstić information content (AvgIpc) is 2.67. The lowest BCUT2D eigenvalue weighted by atomic mass is 10.0. The van der Waals surface area contributed by atoms with Gasteiger partial charge in [0.25, 0.3) is 0 Å². The first-order valence-corrected chi connectivity index (χ1v) is 10.4. The number of hydrogen-bond acceptors (Lipinski definition) is 4. The maximum Gasteiger partial charge on any atom is 0.200 e. The van der Waals surface area contributed by atoms with Gasteiger partial charge in [-0.05, 0) is 55.3 Å². The molecule has 0 amide bonds. The third kappa shape index (κ3) is 5.50. The predicted octanol–water partition coefficient (Wildman–Crippen LogP) is 4.93. The van der Waals surface area contributed by atoms with Crippen LogP contribution in [0.3, 0.4) is 0 Å². The molecule has 0 atom stereocenters. The molecule has 2 aromatic rings. The Morgan fingerprint density at radius 2 is 2.00 bits per heavy atom. The van der Waals surface area contributed by atoms with Gasteiger partial charge < -0.3 is 9.64 Å². The summed E-state index contributed by atoms with van der Waals surface area (Å²) in [5.41, 5.74) is 3.46. The molecule has 0 unspecified atom stereocenters. The van der Waals surface area contributed by atoms with Crippen molar-refractivity contribution in [3.8, 4) is 5.75 Å². The van der Waals surface area contributed by atoms with Gasteiger partial charge in [-0.3, -0.25) is 4.79 Å². The Hall–Kier alpha value is -1.98. The summed E-state index contributed by atoms with van der Waals surface area (Å²) >= 11 is 7.92. The largest absolute Gasteiger partial charge is 0.485 e. The molecule has 6 heteroatoms. The van der Waals surface area contributed by atoms with E-state index >= 15 is 0 Å². The number of aliphatic imine (C=N–C) groups is 1. The molecular weight excluding hydrogens is 380 g/mol. The number of ketones is 1. The Balaban J connectivity index is 1.68. The zero-order valence-electron chi connectivity index (χ0n) is 15.6. The van der Waals surface area contributed by atoms with Crippen molar-refractivity contribution in [2.75, 3.05) is 31.2 Å². The van der Waals surface area contributed by atoms with Crippen LogP contribution in [0.5, 0.6) is 5.75 Å². The molecule has 4 nitrogen and oxygen atoms in total. The topological polar surface area (TPSA) is 41.9 Å². The van der Waals surface area contributed by atoms with Crippen molar-refractivity contribution < 1.29 is 9.53 Å². The summed E-state index contributed by atoms with van der Waals surface area (Å²) in [6, 6.07) is 10.9. The molecule has 1 aliphatic rings. The lowest BCUT2D eigenvalue weighted by Gasteiger charge is -2.23. The number of hydrogen-bond donors (Lipinski definition) is 0. The van der Waals surface area contributed by atoms with Crippen molar-refractivity contribution in [1.29, 1.82) is 0 Å². The lowest BCUT2D eigenvalue weighted by Crippen LogP contribution is -2.31. The third-order valence-corrected chi connectivity index (χ3v) is 5.59. The number of ether oxygens (including phenoxy) is 1. The van der Waals surface area contributed by atoms with Gasteiger partial charge >= 0.3 is 0 Å². The first-order chi connectivity index (χ1) is 13.0. The monoisotopic (exact) mass is 402 g/mol. The molecule has 1 fully saturated rings. The van der Waals surface area contributed by atoms with Crippen LogP contribution >= 0.6 is 23.4 Å². The minimum absolute atomic E-state index is 0.0192. The molecule has 142 valence electrons. The second-order valence-electron chi connectivity index (χ2n) is 6.52. The second kappa shape index (κ2) is 9.29. The minimum Gasteiger partial charge on any atom is -0.485 e. The van der Waals surface area contributed by atoms with E-state index in [0.29, 0.717) is 16.3 Å². The Morgan fingerprint density at radius 1 is 1.22 bits per heavy atom. The number of nitrogens with zero attached hydrogens (tertiary/aromatic N) is 2. The number of aryl methyl sites for hydroxylation is 2. The maximum absolute atomic E-state index is 12.6. The van der Waals surface area contributed by atoms with Crippen LogP contribution in [0.1, 0.15) is 21.5 Å². The summed E-state index contributed by atoms with van der Waals surface area (Å²) in [4.78, 5) is 19.5. The minimum atomic E-state index is -0.0563. The highest BCUT2D eigenvalue weighted by molar-refractivity contribution is 7.99. The smallest absolute Gasteiger partial charge is 0.200 e. The van der Waals surface area contributed by atoms with Crippen LogP contribution in [0.25, 0.3) is 0 Å². The van der Waals surface area contributed by atoms with E-state index < -0.39 is 0 Å². The van der Waals surface area contributed by atoms with E-state index in [4.69, 9.17) is 16.3 Å². The number of thioether (sulfide) groups is 1. The molecule has 0 aliphatic carbocycles. The Bertz CT molecular complexity index is 848. The van der Waals surface area contributed by atoms with E-state index in [-0.39, 0.29) is 12.4 Å². The van der Waals surface area contributed by atoms with Gasteiger partial charge in [-0.15, -0.1) is 0 Å². The number of rotatable bonds is 6. The van der Waals surface area contributed by atoms with Gasteiger partial charge in [-0.25, -0.2) is 4.99 Å². The molecule has 0 bridgehead atoms. The Kier molecular flexibility index (Phi) is 6.80. The van der Waals surface area contributed by atoms with Crippen LogP contribution in [0, 0.1) is 13.8 Å². The van der Waals surface area contributed by atoms with Gasteiger partial charge in [0.15, 0.2) is 12.4 Å². The summed E-state index contributed by atoms with van der Waals surface area (Å²) in [5.74, 6) is 2.82.